The van der Waals surface area contributed by atoms with Crippen LogP contribution < -0.4 is 9.47 Å². The van der Waals surface area contributed by atoms with Crippen LogP contribution in [0.4, 0.5) is 0 Å². The molecule has 1 saturated carbocycles. The van der Waals surface area contributed by atoms with Gasteiger partial charge in [0.05, 0.1) is 26.0 Å². The number of allylic oxidation sites excluding steroid dienone is 1. The Morgan fingerprint density at radius 1 is 1.03 bits per heavy atom. The van der Waals surface area contributed by atoms with E-state index in [0.29, 0.717) is 17.1 Å². The molecule has 2 aromatic carbocycles. The van der Waals surface area contributed by atoms with Gasteiger partial charge < -0.3 is 18.6 Å². The van der Waals surface area contributed by atoms with Gasteiger partial charge in [-0.15, -0.1) is 0 Å². The van der Waals surface area contributed by atoms with E-state index in [1.807, 2.05) is 48.5 Å². The lowest BCUT2D eigenvalue weighted by Crippen LogP contribution is -2.34. The van der Waals surface area contributed by atoms with Crippen LogP contribution in [0.15, 0.2) is 69.7 Å². The molecule has 2 unspecified atom stereocenters. The highest BCUT2D eigenvalue weighted by Crippen LogP contribution is 2.44. The van der Waals surface area contributed by atoms with E-state index in [0.717, 1.165) is 53.2 Å². The van der Waals surface area contributed by atoms with Crippen molar-refractivity contribution in [3.8, 4) is 11.5 Å². The van der Waals surface area contributed by atoms with Crippen molar-refractivity contribution in [1.82, 2.24) is 5.01 Å². The summed E-state index contributed by atoms with van der Waals surface area (Å²) in [5.41, 5.74) is 4.31. The first-order chi connectivity index (χ1) is 18.9. The minimum absolute atomic E-state index is 0.0232. The summed E-state index contributed by atoms with van der Waals surface area (Å²) in [5, 5.41) is 6.36. The maximum Gasteiger partial charge on any atom is 0.342 e. The third kappa shape index (κ3) is 5.46. The molecule has 0 bridgehead atoms. The number of ether oxygens (including phenoxy) is 3. The van der Waals surface area contributed by atoms with Gasteiger partial charge in [0, 0.05) is 5.92 Å². The topological polar surface area (TPSA) is 90.6 Å². The van der Waals surface area contributed by atoms with Crippen molar-refractivity contribution in [2.45, 2.75) is 39.2 Å². The van der Waals surface area contributed by atoms with Gasteiger partial charge in [0.25, 0.3) is 5.91 Å². The Kier molecular flexibility index (Phi) is 7.54. The SMILES string of the molecule is COc1ccc(C=C2CCCC3C2=NN(C(=O)COC(=O)c2cc(C)oc2C)C3c2ccc(OC)cc2)cc1. The fourth-order valence-electron chi connectivity index (χ4n) is 5.35. The number of hydrogen-bond acceptors (Lipinski definition) is 7. The van der Waals surface area contributed by atoms with Crippen molar-refractivity contribution in [1.29, 1.82) is 0 Å². The zero-order chi connectivity index (χ0) is 27.5. The standard InChI is InChI=1S/C31H32N2O6/c1-19-16-27(20(2)39-19)31(35)38-18-28(34)33-30(22-10-14-25(37-4)15-11-22)26-7-5-6-23(29(26)32-33)17-21-8-12-24(36-3)13-9-21/h8-17,26,30H,5-7,18H2,1-4H3. The molecular weight excluding hydrogens is 496 g/mol. The van der Waals surface area contributed by atoms with Gasteiger partial charge in [-0.2, -0.15) is 5.10 Å². The van der Waals surface area contributed by atoms with Crippen LogP contribution in [-0.2, 0) is 9.53 Å². The monoisotopic (exact) mass is 528 g/mol. The molecule has 1 amide bonds. The van der Waals surface area contributed by atoms with E-state index in [1.165, 1.54) is 5.01 Å². The number of aryl methyl sites for hydroxylation is 2. The van der Waals surface area contributed by atoms with Crippen molar-refractivity contribution in [2.75, 3.05) is 20.8 Å². The largest absolute Gasteiger partial charge is 0.497 e. The third-order valence-corrected chi connectivity index (χ3v) is 7.26. The second kappa shape index (κ2) is 11.2. The molecule has 2 heterocycles. The number of fused-ring (bicyclic) bond motifs is 1. The number of esters is 1. The van der Waals surface area contributed by atoms with Crippen molar-refractivity contribution >= 4 is 23.7 Å². The quantitative estimate of drug-likeness (QED) is 0.355. The summed E-state index contributed by atoms with van der Waals surface area (Å²) in [7, 11) is 3.27. The molecular formula is C31H32N2O6. The molecule has 39 heavy (non-hydrogen) atoms. The van der Waals surface area contributed by atoms with Gasteiger partial charge in [-0.3, -0.25) is 4.79 Å². The number of amides is 1. The highest BCUT2D eigenvalue weighted by Gasteiger charge is 2.44. The predicted octanol–water partition coefficient (Wildman–Crippen LogP) is 5.89. The number of nitrogens with zero attached hydrogens (tertiary/aromatic N) is 2. The highest BCUT2D eigenvalue weighted by molar-refractivity contribution is 6.08. The van der Waals surface area contributed by atoms with E-state index in [4.69, 9.17) is 23.7 Å². The minimum Gasteiger partial charge on any atom is -0.497 e. The molecule has 0 radical (unpaired) electrons. The minimum atomic E-state index is -0.594. The van der Waals surface area contributed by atoms with E-state index in [1.54, 1.807) is 34.1 Å². The van der Waals surface area contributed by atoms with E-state index in [2.05, 4.69) is 6.08 Å². The summed E-state index contributed by atoms with van der Waals surface area (Å²) < 4.78 is 21.5. The maximum atomic E-state index is 13.5. The molecule has 1 aliphatic heterocycles. The molecule has 8 nitrogen and oxygen atoms in total. The Hall–Kier alpha value is -4.33. The van der Waals surface area contributed by atoms with Crippen LogP contribution in [0.5, 0.6) is 11.5 Å². The Morgan fingerprint density at radius 2 is 1.69 bits per heavy atom. The molecule has 3 aromatic rings. The first kappa shape index (κ1) is 26.3. The van der Waals surface area contributed by atoms with Gasteiger partial charge in [0.2, 0.25) is 0 Å². The smallest absolute Gasteiger partial charge is 0.342 e. The summed E-state index contributed by atoms with van der Waals surface area (Å²) in [5.74, 6) is 1.65. The number of carbonyl (C=O) groups excluding carboxylic acids is 2. The van der Waals surface area contributed by atoms with Crippen molar-refractivity contribution in [2.24, 2.45) is 11.0 Å². The first-order valence-electron chi connectivity index (χ1n) is 13.0. The summed E-state index contributed by atoms with van der Waals surface area (Å²) in [4.78, 5) is 26.2. The van der Waals surface area contributed by atoms with Gasteiger partial charge in [-0.1, -0.05) is 24.3 Å². The molecule has 0 N–H and O–H groups in total. The summed E-state index contributed by atoms with van der Waals surface area (Å²) in [6.07, 6.45) is 4.88. The van der Waals surface area contributed by atoms with E-state index < -0.39 is 12.6 Å². The van der Waals surface area contributed by atoms with Crippen LogP contribution in [0.25, 0.3) is 6.08 Å². The normalized spacial score (nSPS) is 19.4. The number of hydrazone groups is 1. The van der Waals surface area contributed by atoms with Crippen LogP contribution in [-0.4, -0.2) is 43.4 Å². The second-order valence-electron chi connectivity index (χ2n) is 9.79. The van der Waals surface area contributed by atoms with Crippen LogP contribution in [0.1, 0.15) is 58.3 Å². The molecule has 202 valence electrons. The Balaban J connectivity index is 1.44. The number of rotatable bonds is 7. The lowest BCUT2D eigenvalue weighted by Gasteiger charge is -2.29. The predicted molar refractivity (Wildman–Crippen MR) is 147 cm³/mol. The molecule has 0 saturated heterocycles. The fourth-order valence-corrected chi connectivity index (χ4v) is 5.35. The maximum absolute atomic E-state index is 13.5. The van der Waals surface area contributed by atoms with E-state index >= 15 is 0 Å². The highest BCUT2D eigenvalue weighted by atomic mass is 16.5. The van der Waals surface area contributed by atoms with Crippen LogP contribution in [0.3, 0.4) is 0 Å². The number of benzene rings is 2. The van der Waals surface area contributed by atoms with Gasteiger partial charge >= 0.3 is 5.97 Å². The Morgan fingerprint density at radius 3 is 2.31 bits per heavy atom. The van der Waals surface area contributed by atoms with Gasteiger partial charge in [0.1, 0.15) is 28.6 Å². The van der Waals surface area contributed by atoms with E-state index in [-0.39, 0.29) is 17.9 Å². The Labute approximate surface area is 227 Å². The molecule has 1 aromatic heterocycles. The van der Waals surface area contributed by atoms with Crippen molar-refractivity contribution in [3.05, 3.63) is 88.4 Å². The molecule has 0 spiro atoms. The van der Waals surface area contributed by atoms with Crippen molar-refractivity contribution < 1.29 is 28.2 Å². The average Bonchev–Trinajstić information content (AvgIpc) is 3.52. The Bertz CT molecular complexity index is 1420. The van der Waals surface area contributed by atoms with Gasteiger partial charge in [-0.25, -0.2) is 9.80 Å². The number of furan rings is 1. The molecule has 1 fully saturated rings. The summed E-state index contributed by atoms with van der Waals surface area (Å²) in [6.45, 7) is 3.03. The molecule has 1 aliphatic carbocycles. The third-order valence-electron chi connectivity index (χ3n) is 7.26. The number of carbonyl (C=O) groups is 2. The lowest BCUT2D eigenvalue weighted by atomic mass is 9.77. The molecule has 2 atom stereocenters. The lowest BCUT2D eigenvalue weighted by molar-refractivity contribution is -0.137. The number of hydrogen-bond donors (Lipinski definition) is 0. The van der Waals surface area contributed by atoms with E-state index in [9.17, 15) is 9.59 Å². The first-order valence-corrected chi connectivity index (χ1v) is 13.0. The van der Waals surface area contributed by atoms with Gasteiger partial charge in [-0.05, 0) is 86.2 Å². The van der Waals surface area contributed by atoms with Crippen LogP contribution >= 0.6 is 0 Å². The second-order valence-corrected chi connectivity index (χ2v) is 9.79. The molecule has 5 rings (SSSR count). The zero-order valence-electron chi connectivity index (χ0n) is 22.6. The fraction of sp³-hybridized carbons (Fsp3) is 0.323. The van der Waals surface area contributed by atoms with Gasteiger partial charge in [0.15, 0.2) is 6.61 Å². The summed E-state index contributed by atoms with van der Waals surface area (Å²) >= 11 is 0. The zero-order valence-corrected chi connectivity index (χ0v) is 22.6. The van der Waals surface area contributed by atoms with Crippen molar-refractivity contribution in [3.63, 3.8) is 0 Å². The van der Waals surface area contributed by atoms with Crippen LogP contribution in [0.2, 0.25) is 0 Å². The average molecular weight is 529 g/mol. The molecule has 8 heteroatoms. The van der Waals surface area contributed by atoms with Crippen LogP contribution in [0, 0.1) is 19.8 Å². The summed E-state index contributed by atoms with van der Waals surface area (Å²) in [6, 6.07) is 16.9. The molecule has 2 aliphatic rings. The number of methoxy groups -OCH3 is 2.